The predicted octanol–water partition coefficient (Wildman–Crippen LogP) is 5.13. The Balaban J connectivity index is 0.000000277. The van der Waals surface area contributed by atoms with Crippen LogP contribution in [-0.4, -0.2) is 16.8 Å². The first kappa shape index (κ1) is 24.3. The van der Waals surface area contributed by atoms with Crippen LogP contribution in [-0.2, 0) is 24.3 Å². The van der Waals surface area contributed by atoms with Gasteiger partial charge in [0.15, 0.2) is 5.82 Å². The maximum atomic E-state index is 13.1. The van der Waals surface area contributed by atoms with Gasteiger partial charge < -0.3 is 0 Å². The third kappa shape index (κ3) is 6.69. The Morgan fingerprint density at radius 2 is 1.37 bits per heavy atom. The summed E-state index contributed by atoms with van der Waals surface area (Å²) in [4.78, 5) is -1.63. The molecule has 27 heavy (non-hydrogen) atoms. The van der Waals surface area contributed by atoms with Crippen molar-refractivity contribution in [2.45, 2.75) is 16.0 Å². The highest BCUT2D eigenvalue weighted by molar-refractivity contribution is 14.1. The maximum absolute atomic E-state index is 13.1. The number of hydrogen-bond acceptors (Lipinski definition) is 4. The van der Waals surface area contributed by atoms with E-state index in [0.717, 1.165) is 12.1 Å². The predicted molar refractivity (Wildman–Crippen MR) is 96.6 cm³/mol. The molecule has 2 aromatic carbocycles. The molecule has 0 aliphatic heterocycles. The van der Waals surface area contributed by atoms with E-state index in [4.69, 9.17) is 21.4 Å². The maximum Gasteiger partial charge on any atom is 0.419 e. The SMILES string of the molecule is O=S(=O)(Cl)c1c(F)cccc1I.O=S(=O)(Cl)c1cccc(C(F)(F)F)c1F. The lowest BCUT2D eigenvalue weighted by Gasteiger charge is -2.09. The molecule has 4 nitrogen and oxygen atoms in total. The van der Waals surface area contributed by atoms with Crippen molar-refractivity contribution in [2.24, 2.45) is 0 Å². The van der Waals surface area contributed by atoms with E-state index in [-0.39, 0.29) is 3.57 Å². The zero-order valence-electron chi connectivity index (χ0n) is 12.4. The molecule has 2 aromatic rings. The highest BCUT2D eigenvalue weighted by Crippen LogP contribution is 2.34. The monoisotopic (exact) mass is 582 g/mol. The zero-order valence-corrected chi connectivity index (χ0v) is 17.7. The minimum Gasteiger partial charge on any atom is -0.207 e. The Bertz CT molecular complexity index is 1040. The van der Waals surface area contributed by atoms with Crippen LogP contribution in [0.25, 0.3) is 0 Å². The van der Waals surface area contributed by atoms with Gasteiger partial charge >= 0.3 is 6.18 Å². The van der Waals surface area contributed by atoms with Crippen LogP contribution in [0.2, 0.25) is 0 Å². The summed E-state index contributed by atoms with van der Waals surface area (Å²) < 4.78 is 106. The van der Waals surface area contributed by atoms with Gasteiger partial charge in [0.1, 0.15) is 15.6 Å². The fourth-order valence-electron chi connectivity index (χ4n) is 1.63. The molecule has 0 unspecified atom stereocenters. The zero-order chi connectivity index (χ0) is 21.2. The van der Waals surface area contributed by atoms with Gasteiger partial charge in [-0.1, -0.05) is 12.1 Å². The molecule has 0 amide bonds. The van der Waals surface area contributed by atoms with Crippen LogP contribution in [0, 0.1) is 15.2 Å². The summed E-state index contributed by atoms with van der Waals surface area (Å²) in [6, 6.07) is 5.80. The van der Waals surface area contributed by atoms with Crippen LogP contribution in [0.3, 0.4) is 0 Å². The molecule has 0 aliphatic carbocycles. The lowest BCUT2D eigenvalue weighted by Crippen LogP contribution is -2.10. The number of rotatable bonds is 2. The molecular formula is C13H6Cl2F5IO4S2. The summed E-state index contributed by atoms with van der Waals surface area (Å²) in [7, 11) is 1.25. The van der Waals surface area contributed by atoms with Gasteiger partial charge in [0.05, 0.1) is 5.56 Å². The standard InChI is InChI=1S/C7H3ClF4O2S.C6H3ClFIO2S/c8-15(13,14)5-3-1-2-4(6(5)9)7(10,11)12;7-12(10,11)6-4(8)2-1-3-5(6)9/h1-3H;1-3H. The average Bonchev–Trinajstić information content (AvgIpc) is 2.44. The quantitative estimate of drug-likeness (QED) is 0.280. The average molecular weight is 583 g/mol. The van der Waals surface area contributed by atoms with Crippen molar-refractivity contribution >= 4 is 62.1 Å². The van der Waals surface area contributed by atoms with Crippen molar-refractivity contribution in [2.75, 3.05) is 0 Å². The first-order chi connectivity index (χ1) is 12.1. The molecule has 0 saturated carbocycles. The van der Waals surface area contributed by atoms with E-state index < -0.39 is 51.3 Å². The molecule has 0 atom stereocenters. The molecule has 150 valence electrons. The summed E-state index contributed by atoms with van der Waals surface area (Å²) >= 11 is 1.71. The molecule has 0 aliphatic rings. The van der Waals surface area contributed by atoms with Crippen LogP contribution in [0.1, 0.15) is 5.56 Å². The summed E-state index contributed by atoms with van der Waals surface area (Å²) in [6.07, 6.45) is -4.96. The summed E-state index contributed by atoms with van der Waals surface area (Å²) in [5.41, 5.74) is -1.66. The van der Waals surface area contributed by atoms with Crippen molar-refractivity contribution in [1.29, 1.82) is 0 Å². The topological polar surface area (TPSA) is 68.3 Å². The van der Waals surface area contributed by atoms with Crippen molar-refractivity contribution in [1.82, 2.24) is 0 Å². The van der Waals surface area contributed by atoms with Crippen LogP contribution >= 0.6 is 44.0 Å². The van der Waals surface area contributed by atoms with Crippen LogP contribution < -0.4 is 0 Å². The van der Waals surface area contributed by atoms with E-state index in [0.29, 0.717) is 12.1 Å². The summed E-state index contributed by atoms with van der Waals surface area (Å²) in [6.45, 7) is 0. The Morgan fingerprint density at radius 1 is 0.852 bits per heavy atom. The molecule has 0 saturated heterocycles. The van der Waals surface area contributed by atoms with Crippen molar-refractivity contribution in [3.63, 3.8) is 0 Å². The van der Waals surface area contributed by atoms with Crippen molar-refractivity contribution in [3.8, 4) is 0 Å². The van der Waals surface area contributed by atoms with Crippen LogP contribution in [0.4, 0.5) is 22.0 Å². The number of halogens is 8. The molecule has 2 rings (SSSR count). The molecule has 0 spiro atoms. The Kier molecular flexibility index (Phi) is 7.90. The molecule has 0 heterocycles. The molecule has 0 aromatic heterocycles. The van der Waals surface area contributed by atoms with Gasteiger partial charge in [-0.3, -0.25) is 0 Å². The number of benzene rings is 2. The fraction of sp³-hybridized carbons (Fsp3) is 0.0769. The second-order valence-electron chi connectivity index (χ2n) is 4.54. The first-order valence-corrected chi connectivity index (χ1v) is 12.0. The van der Waals surface area contributed by atoms with E-state index in [9.17, 15) is 38.8 Å². The third-order valence-electron chi connectivity index (χ3n) is 2.69. The minimum absolute atomic E-state index is 0.280. The van der Waals surface area contributed by atoms with E-state index >= 15 is 0 Å². The largest absolute Gasteiger partial charge is 0.419 e. The Morgan fingerprint density at radius 3 is 1.74 bits per heavy atom. The molecule has 0 radical (unpaired) electrons. The highest BCUT2D eigenvalue weighted by atomic mass is 127. The van der Waals surface area contributed by atoms with Gasteiger partial charge in [-0.25, -0.2) is 25.6 Å². The van der Waals surface area contributed by atoms with Gasteiger partial charge in [0, 0.05) is 24.9 Å². The Labute approximate surface area is 173 Å². The smallest absolute Gasteiger partial charge is 0.207 e. The van der Waals surface area contributed by atoms with E-state index in [1.54, 1.807) is 22.6 Å². The van der Waals surface area contributed by atoms with Gasteiger partial charge in [-0.15, -0.1) is 0 Å². The van der Waals surface area contributed by atoms with Crippen molar-refractivity contribution in [3.05, 3.63) is 57.2 Å². The van der Waals surface area contributed by atoms with Gasteiger partial charge in [-0.2, -0.15) is 13.2 Å². The van der Waals surface area contributed by atoms with Crippen LogP contribution in [0.15, 0.2) is 46.2 Å². The van der Waals surface area contributed by atoms with Gasteiger partial charge in [0.2, 0.25) is 0 Å². The third-order valence-corrected chi connectivity index (χ3v) is 6.66. The number of alkyl halides is 3. The normalized spacial score (nSPS) is 12.3. The molecule has 14 heteroatoms. The van der Waals surface area contributed by atoms with E-state index in [1.165, 1.54) is 12.1 Å². The minimum atomic E-state index is -4.96. The lowest BCUT2D eigenvalue weighted by molar-refractivity contribution is -0.140. The Hall–Kier alpha value is -0.700. The van der Waals surface area contributed by atoms with Gasteiger partial charge in [-0.05, 0) is 46.9 Å². The highest BCUT2D eigenvalue weighted by Gasteiger charge is 2.36. The molecule has 0 N–H and O–H groups in total. The summed E-state index contributed by atoms with van der Waals surface area (Å²) in [5.74, 6) is -2.71. The first-order valence-electron chi connectivity index (χ1n) is 6.26. The second-order valence-corrected chi connectivity index (χ2v) is 10.7. The fourth-order valence-corrected chi connectivity index (χ4v) is 5.35. The summed E-state index contributed by atoms with van der Waals surface area (Å²) in [5, 5.41) is 0. The molecule has 0 fully saturated rings. The van der Waals surface area contributed by atoms with E-state index in [1.807, 2.05) is 0 Å². The lowest BCUT2D eigenvalue weighted by atomic mass is 10.2. The molecular weight excluding hydrogens is 577 g/mol. The van der Waals surface area contributed by atoms with E-state index in [2.05, 4.69) is 0 Å². The van der Waals surface area contributed by atoms with Crippen LogP contribution in [0.5, 0.6) is 0 Å². The van der Waals surface area contributed by atoms with Gasteiger partial charge in [0.25, 0.3) is 18.1 Å². The second kappa shape index (κ2) is 8.76. The number of hydrogen-bond donors (Lipinski definition) is 0. The van der Waals surface area contributed by atoms with Crippen molar-refractivity contribution < 1.29 is 38.8 Å². The molecule has 0 bridgehead atoms.